The molecule has 0 aliphatic carbocycles. The third-order valence-corrected chi connectivity index (χ3v) is 4.55. The Morgan fingerprint density at radius 1 is 1.07 bits per heavy atom. The molecule has 2 rings (SSSR count). The number of hydrogen-bond donors (Lipinski definition) is 1. The number of ether oxygens (including phenoxy) is 1. The van der Waals surface area contributed by atoms with Gasteiger partial charge in [0.1, 0.15) is 11.9 Å². The summed E-state index contributed by atoms with van der Waals surface area (Å²) in [6.45, 7) is 4.67. The van der Waals surface area contributed by atoms with Crippen LogP contribution in [0.15, 0.2) is 54.6 Å². The van der Waals surface area contributed by atoms with Crippen molar-refractivity contribution in [2.24, 2.45) is 0 Å². The van der Waals surface area contributed by atoms with E-state index in [0.717, 1.165) is 17.7 Å². The molecule has 0 fully saturated rings. The molecule has 1 unspecified atom stereocenters. The van der Waals surface area contributed by atoms with E-state index in [1.807, 2.05) is 56.1 Å². The van der Waals surface area contributed by atoms with Gasteiger partial charge in [-0.1, -0.05) is 30.3 Å². The lowest BCUT2D eigenvalue weighted by Crippen LogP contribution is -2.41. The Morgan fingerprint density at radius 3 is 2.21 bits per heavy atom. The van der Waals surface area contributed by atoms with Crippen molar-refractivity contribution in [1.29, 1.82) is 0 Å². The molecule has 152 valence electrons. The van der Waals surface area contributed by atoms with E-state index in [1.54, 1.807) is 0 Å². The topological polar surface area (TPSA) is 24.5 Å². The molecule has 3 nitrogen and oxygen atoms in total. The van der Waals surface area contributed by atoms with Crippen LogP contribution in [0.25, 0.3) is 0 Å². The quantitative estimate of drug-likeness (QED) is 0.615. The van der Waals surface area contributed by atoms with Gasteiger partial charge in [-0.05, 0) is 55.9 Å². The average molecular weight is 411 g/mol. The Balaban J connectivity index is 2.09. The van der Waals surface area contributed by atoms with Gasteiger partial charge in [0.05, 0.1) is 5.56 Å². The maximum Gasteiger partial charge on any atom is 0.416 e. The molecule has 7 heteroatoms. The third kappa shape index (κ3) is 6.71. The van der Waals surface area contributed by atoms with Crippen LogP contribution in [-0.4, -0.2) is 29.6 Å². The maximum absolute atomic E-state index is 12.8. The second kappa shape index (κ2) is 9.78. The molecule has 0 saturated carbocycles. The first-order valence-corrected chi connectivity index (χ1v) is 9.48. The number of hydrogen-bond acceptors (Lipinski definition) is 2. The zero-order valence-electron chi connectivity index (χ0n) is 16.2. The summed E-state index contributed by atoms with van der Waals surface area (Å²) in [5, 5.41) is 3.84. The minimum absolute atomic E-state index is 0.239. The molecular weight excluding hydrogens is 385 g/mol. The first-order valence-electron chi connectivity index (χ1n) is 9.07. The largest absolute Gasteiger partial charge is 0.486 e. The Labute approximate surface area is 169 Å². The Bertz CT molecular complexity index is 748. The third-order valence-electron chi connectivity index (χ3n) is 4.12. The molecule has 1 N–H and O–H groups in total. The lowest BCUT2D eigenvalue weighted by atomic mass is 10.1. The number of benzene rings is 2. The van der Waals surface area contributed by atoms with Crippen molar-refractivity contribution in [1.82, 2.24) is 10.2 Å². The molecule has 2 aromatic carbocycles. The lowest BCUT2D eigenvalue weighted by Gasteiger charge is -2.26. The molecule has 1 atom stereocenters. The average Bonchev–Trinajstić information content (AvgIpc) is 2.64. The van der Waals surface area contributed by atoms with E-state index >= 15 is 0 Å². The van der Waals surface area contributed by atoms with Gasteiger partial charge in [0.2, 0.25) is 0 Å². The second-order valence-electron chi connectivity index (χ2n) is 6.85. The predicted molar refractivity (Wildman–Crippen MR) is 109 cm³/mol. The summed E-state index contributed by atoms with van der Waals surface area (Å²) in [5.74, 6) is 0.396. The highest BCUT2D eigenvalue weighted by Gasteiger charge is 2.30. The van der Waals surface area contributed by atoms with Crippen LogP contribution in [-0.2, 0) is 6.18 Å². The SMILES string of the molecule is CC(C)NC(=S)N(C)CCC(Oc1ccc(C(F)(F)F)cc1)c1ccccc1. The van der Waals surface area contributed by atoms with Gasteiger partial charge in [-0.3, -0.25) is 0 Å². The molecule has 0 radical (unpaired) electrons. The van der Waals surface area contributed by atoms with Crippen LogP contribution in [0.1, 0.15) is 37.5 Å². The van der Waals surface area contributed by atoms with Crippen LogP contribution in [0.4, 0.5) is 13.2 Å². The number of nitrogens with zero attached hydrogens (tertiary/aromatic N) is 1. The van der Waals surface area contributed by atoms with Crippen LogP contribution in [0.5, 0.6) is 5.75 Å². The molecule has 28 heavy (non-hydrogen) atoms. The van der Waals surface area contributed by atoms with Crippen LogP contribution < -0.4 is 10.1 Å². The summed E-state index contributed by atoms with van der Waals surface area (Å²) in [6, 6.07) is 14.6. The number of rotatable bonds is 7. The number of nitrogens with one attached hydrogen (secondary N) is 1. The van der Waals surface area contributed by atoms with Gasteiger partial charge in [0.25, 0.3) is 0 Å². The molecule has 0 heterocycles. The van der Waals surface area contributed by atoms with E-state index in [9.17, 15) is 13.2 Å². The van der Waals surface area contributed by atoms with Gasteiger partial charge in [-0.2, -0.15) is 13.2 Å². The monoisotopic (exact) mass is 410 g/mol. The van der Waals surface area contributed by atoms with Crippen molar-refractivity contribution in [3.05, 3.63) is 65.7 Å². The number of halogens is 3. The smallest absolute Gasteiger partial charge is 0.416 e. The maximum atomic E-state index is 12.8. The fraction of sp³-hybridized carbons (Fsp3) is 0.381. The Morgan fingerprint density at radius 2 is 1.68 bits per heavy atom. The van der Waals surface area contributed by atoms with Gasteiger partial charge >= 0.3 is 6.18 Å². The van der Waals surface area contributed by atoms with Crippen molar-refractivity contribution in [2.75, 3.05) is 13.6 Å². The summed E-state index contributed by atoms with van der Waals surface area (Å²) in [6.07, 6.45) is -4.04. The molecule has 0 spiro atoms. The van der Waals surface area contributed by atoms with E-state index in [0.29, 0.717) is 23.8 Å². The zero-order valence-corrected chi connectivity index (χ0v) is 17.0. The molecule has 2 aromatic rings. The molecule has 0 aromatic heterocycles. The van der Waals surface area contributed by atoms with E-state index in [4.69, 9.17) is 17.0 Å². The van der Waals surface area contributed by atoms with E-state index in [2.05, 4.69) is 5.32 Å². The van der Waals surface area contributed by atoms with Crippen LogP contribution in [0.2, 0.25) is 0 Å². The molecular formula is C21H25F3N2OS. The summed E-state index contributed by atoms with van der Waals surface area (Å²) < 4.78 is 44.3. The van der Waals surface area contributed by atoms with Crippen molar-refractivity contribution in [2.45, 2.75) is 38.6 Å². The highest BCUT2D eigenvalue weighted by Crippen LogP contribution is 2.32. The van der Waals surface area contributed by atoms with Crippen molar-refractivity contribution in [3.63, 3.8) is 0 Å². The Hall–Kier alpha value is -2.28. The number of alkyl halides is 3. The molecule has 0 bridgehead atoms. The molecule has 0 aliphatic rings. The lowest BCUT2D eigenvalue weighted by molar-refractivity contribution is -0.137. The summed E-state index contributed by atoms with van der Waals surface area (Å²) >= 11 is 5.37. The van der Waals surface area contributed by atoms with Crippen LogP contribution in [0.3, 0.4) is 0 Å². The molecule has 0 aliphatic heterocycles. The van der Waals surface area contributed by atoms with Gasteiger partial charge < -0.3 is 15.0 Å². The predicted octanol–water partition coefficient (Wildman–Crippen LogP) is 5.43. The summed E-state index contributed by atoms with van der Waals surface area (Å²) in [7, 11) is 1.90. The highest BCUT2D eigenvalue weighted by molar-refractivity contribution is 7.80. The first-order chi connectivity index (χ1) is 13.2. The van der Waals surface area contributed by atoms with Crippen molar-refractivity contribution < 1.29 is 17.9 Å². The van der Waals surface area contributed by atoms with Crippen molar-refractivity contribution in [3.8, 4) is 5.75 Å². The minimum atomic E-state index is -4.36. The van der Waals surface area contributed by atoms with E-state index in [1.165, 1.54) is 12.1 Å². The van der Waals surface area contributed by atoms with Gasteiger partial charge in [-0.15, -0.1) is 0 Å². The van der Waals surface area contributed by atoms with E-state index in [-0.39, 0.29) is 12.1 Å². The standard InChI is InChI=1S/C21H25F3N2OS/c1-15(2)25-20(28)26(3)14-13-19(16-7-5-4-6-8-16)27-18-11-9-17(10-12-18)21(22,23)24/h4-12,15,19H,13-14H2,1-3H3,(H,25,28). The van der Waals surface area contributed by atoms with Crippen LogP contribution >= 0.6 is 12.2 Å². The van der Waals surface area contributed by atoms with Crippen molar-refractivity contribution >= 4 is 17.3 Å². The zero-order chi connectivity index (χ0) is 20.7. The second-order valence-corrected chi connectivity index (χ2v) is 7.24. The fourth-order valence-corrected chi connectivity index (χ4v) is 2.94. The number of thiocarbonyl (C=S) groups is 1. The molecule has 0 amide bonds. The van der Waals surface area contributed by atoms with Gasteiger partial charge in [-0.25, -0.2) is 0 Å². The molecule has 0 saturated heterocycles. The minimum Gasteiger partial charge on any atom is -0.486 e. The van der Waals surface area contributed by atoms with Gasteiger partial charge in [0, 0.05) is 26.1 Å². The van der Waals surface area contributed by atoms with E-state index < -0.39 is 11.7 Å². The first kappa shape index (κ1) is 22.0. The van der Waals surface area contributed by atoms with Gasteiger partial charge in [0.15, 0.2) is 5.11 Å². The summed E-state index contributed by atoms with van der Waals surface area (Å²) in [5.41, 5.74) is 0.263. The summed E-state index contributed by atoms with van der Waals surface area (Å²) in [4.78, 5) is 1.93. The fourth-order valence-electron chi connectivity index (χ4n) is 2.62. The highest BCUT2D eigenvalue weighted by atomic mass is 32.1. The normalized spacial score (nSPS) is 12.5. The van der Waals surface area contributed by atoms with Crippen LogP contribution in [0, 0.1) is 0 Å². The Kier molecular flexibility index (Phi) is 7.69.